The van der Waals surface area contributed by atoms with Gasteiger partial charge in [-0.05, 0) is 73.7 Å². The van der Waals surface area contributed by atoms with E-state index in [1.165, 1.54) is 12.3 Å². The number of hydrogen-bond acceptors (Lipinski definition) is 6. The second-order valence-electron chi connectivity index (χ2n) is 8.29. The summed E-state index contributed by atoms with van der Waals surface area (Å²) in [5.41, 5.74) is 4.01. The molecule has 11 heteroatoms. The first-order valence-corrected chi connectivity index (χ1v) is 13.4. The van der Waals surface area contributed by atoms with Gasteiger partial charge in [-0.25, -0.2) is 13.8 Å². The molecule has 9 nitrogen and oxygen atoms in total. The van der Waals surface area contributed by atoms with Gasteiger partial charge in [0.1, 0.15) is 12.3 Å². The molecule has 35 heavy (non-hydrogen) atoms. The summed E-state index contributed by atoms with van der Waals surface area (Å²) < 4.78 is 31.1. The summed E-state index contributed by atoms with van der Waals surface area (Å²) in [6.45, 7) is 2.84. The van der Waals surface area contributed by atoms with E-state index in [0.717, 1.165) is 42.9 Å². The van der Waals surface area contributed by atoms with Gasteiger partial charge < -0.3 is 9.64 Å². The highest BCUT2D eigenvalue weighted by Crippen LogP contribution is 2.26. The third-order valence-corrected chi connectivity index (χ3v) is 6.84. The van der Waals surface area contributed by atoms with E-state index in [-0.39, 0.29) is 12.5 Å². The Kier molecular flexibility index (Phi) is 9.11. The van der Waals surface area contributed by atoms with Gasteiger partial charge in [-0.15, -0.1) is 0 Å². The van der Waals surface area contributed by atoms with Crippen LogP contribution in [-0.4, -0.2) is 63.8 Å². The topological polar surface area (TPSA) is 108 Å². The molecule has 1 aliphatic heterocycles. The first-order valence-electron chi connectivity index (χ1n) is 11.2. The van der Waals surface area contributed by atoms with Crippen LogP contribution in [0.3, 0.4) is 0 Å². The first-order chi connectivity index (χ1) is 16.6. The number of carbonyl (C=O) groups is 2. The van der Waals surface area contributed by atoms with Gasteiger partial charge in [0.05, 0.1) is 18.2 Å². The van der Waals surface area contributed by atoms with Crippen molar-refractivity contribution in [1.82, 2.24) is 10.3 Å². The SMILES string of the molecule is Cc1ccc(Cl)cc1N(CC(=O)N/N=C\c1ccc(OCC(=O)N2CCCCC2)cc1)S(C)(=O)=O. The molecule has 3 rings (SSSR count). The van der Waals surface area contributed by atoms with Crippen molar-refractivity contribution in [3.8, 4) is 5.75 Å². The molecule has 2 aromatic carbocycles. The zero-order valence-corrected chi connectivity index (χ0v) is 21.3. The molecule has 0 saturated carbocycles. The maximum Gasteiger partial charge on any atom is 0.260 e. The number of nitrogens with zero attached hydrogens (tertiary/aromatic N) is 3. The van der Waals surface area contributed by atoms with Gasteiger partial charge in [0, 0.05) is 18.1 Å². The zero-order chi connectivity index (χ0) is 25.4. The molecular weight excluding hydrogens is 492 g/mol. The first kappa shape index (κ1) is 26.5. The molecule has 2 amide bonds. The average Bonchev–Trinajstić information content (AvgIpc) is 2.83. The van der Waals surface area contributed by atoms with Gasteiger partial charge in [0.15, 0.2) is 6.61 Å². The monoisotopic (exact) mass is 520 g/mol. The van der Waals surface area contributed by atoms with Gasteiger partial charge in [0.2, 0.25) is 10.0 Å². The largest absolute Gasteiger partial charge is 0.484 e. The van der Waals surface area contributed by atoms with Gasteiger partial charge in [-0.3, -0.25) is 13.9 Å². The Morgan fingerprint density at radius 3 is 2.49 bits per heavy atom. The maximum absolute atomic E-state index is 12.4. The van der Waals surface area contributed by atoms with Gasteiger partial charge >= 0.3 is 0 Å². The minimum Gasteiger partial charge on any atom is -0.484 e. The molecule has 1 saturated heterocycles. The Hall–Kier alpha value is -3.11. The number of piperidine rings is 1. The van der Waals surface area contributed by atoms with E-state index in [1.807, 2.05) is 4.90 Å². The predicted molar refractivity (Wildman–Crippen MR) is 136 cm³/mol. The summed E-state index contributed by atoms with van der Waals surface area (Å²) in [6.07, 6.45) is 5.67. The lowest BCUT2D eigenvalue weighted by Crippen LogP contribution is -2.39. The van der Waals surface area contributed by atoms with Crippen LogP contribution in [0.25, 0.3) is 0 Å². The number of aryl methyl sites for hydroxylation is 1. The van der Waals surface area contributed by atoms with Crippen molar-refractivity contribution in [2.45, 2.75) is 26.2 Å². The molecule has 2 aromatic rings. The number of carbonyl (C=O) groups excluding carboxylic acids is 2. The number of benzene rings is 2. The molecule has 0 aromatic heterocycles. The van der Waals surface area contributed by atoms with Gasteiger partial charge in [0.25, 0.3) is 11.8 Å². The molecule has 0 atom stereocenters. The summed E-state index contributed by atoms with van der Waals surface area (Å²) in [7, 11) is -3.73. The quantitative estimate of drug-likeness (QED) is 0.404. The molecule has 188 valence electrons. The second-order valence-corrected chi connectivity index (χ2v) is 10.6. The molecule has 1 N–H and O–H groups in total. The van der Waals surface area contributed by atoms with Crippen LogP contribution in [0.5, 0.6) is 5.75 Å². The number of sulfonamides is 1. The second kappa shape index (κ2) is 12.0. The summed E-state index contributed by atoms with van der Waals surface area (Å²) in [5, 5.41) is 4.26. The van der Waals surface area contributed by atoms with E-state index >= 15 is 0 Å². The van der Waals surface area contributed by atoms with E-state index in [1.54, 1.807) is 43.3 Å². The van der Waals surface area contributed by atoms with Gasteiger partial charge in [-0.2, -0.15) is 5.10 Å². The predicted octanol–water partition coefficient (Wildman–Crippen LogP) is 2.96. The van der Waals surface area contributed by atoms with Crippen molar-refractivity contribution < 1.29 is 22.7 Å². The molecule has 0 spiro atoms. The van der Waals surface area contributed by atoms with Crippen molar-refractivity contribution in [3.05, 3.63) is 58.6 Å². The number of hydrazone groups is 1. The summed E-state index contributed by atoms with van der Waals surface area (Å²) >= 11 is 6.01. The van der Waals surface area contributed by atoms with Crippen molar-refractivity contribution in [2.75, 3.05) is 36.8 Å². The Bertz CT molecular complexity index is 1180. The standard InChI is InChI=1S/C24H29ClN4O5S/c1-18-6-9-20(25)14-22(18)29(35(2,32)33)16-23(30)27-26-15-19-7-10-21(11-8-19)34-17-24(31)28-12-4-3-5-13-28/h6-11,14-15H,3-5,12-13,16-17H2,1-2H3,(H,27,30)/b26-15-. The van der Waals surface area contributed by atoms with Crippen molar-refractivity contribution in [2.24, 2.45) is 5.10 Å². The Morgan fingerprint density at radius 2 is 1.83 bits per heavy atom. The van der Waals surface area contributed by atoms with Crippen molar-refractivity contribution in [1.29, 1.82) is 0 Å². The average molecular weight is 521 g/mol. The number of ether oxygens (including phenoxy) is 1. The van der Waals surface area contributed by atoms with E-state index in [2.05, 4.69) is 10.5 Å². The van der Waals surface area contributed by atoms with Crippen molar-refractivity contribution >= 4 is 45.3 Å². The number of likely N-dealkylation sites (tertiary alicyclic amines) is 1. The fraction of sp³-hybridized carbons (Fsp3) is 0.375. The van der Waals surface area contributed by atoms with Crippen LogP contribution in [0.2, 0.25) is 5.02 Å². The summed E-state index contributed by atoms with van der Waals surface area (Å²) in [4.78, 5) is 26.4. The van der Waals surface area contributed by atoms with Crippen LogP contribution in [0.15, 0.2) is 47.6 Å². The Morgan fingerprint density at radius 1 is 1.14 bits per heavy atom. The highest BCUT2D eigenvalue weighted by atomic mass is 35.5. The molecule has 1 fully saturated rings. The fourth-order valence-corrected chi connectivity index (χ4v) is 4.68. The van der Waals surface area contributed by atoms with Crippen LogP contribution in [0, 0.1) is 6.92 Å². The molecule has 0 radical (unpaired) electrons. The van der Waals surface area contributed by atoms with Crippen LogP contribution < -0.4 is 14.5 Å². The molecular formula is C24H29ClN4O5S. The Labute approximate surface area is 210 Å². The molecule has 0 bridgehead atoms. The molecule has 0 aliphatic carbocycles. The van der Waals surface area contributed by atoms with Crippen LogP contribution in [0.4, 0.5) is 5.69 Å². The van der Waals surface area contributed by atoms with Crippen LogP contribution in [-0.2, 0) is 19.6 Å². The Balaban J connectivity index is 1.53. The molecule has 1 heterocycles. The van der Waals surface area contributed by atoms with E-state index in [0.29, 0.717) is 27.6 Å². The minimum absolute atomic E-state index is 0.00751. The highest BCUT2D eigenvalue weighted by molar-refractivity contribution is 7.92. The van der Waals surface area contributed by atoms with E-state index in [4.69, 9.17) is 16.3 Å². The number of amides is 2. The molecule has 1 aliphatic rings. The lowest BCUT2D eigenvalue weighted by atomic mass is 10.1. The number of anilines is 1. The molecule has 0 unspecified atom stereocenters. The van der Waals surface area contributed by atoms with Crippen LogP contribution >= 0.6 is 11.6 Å². The third kappa shape index (κ3) is 7.97. The van der Waals surface area contributed by atoms with E-state index in [9.17, 15) is 18.0 Å². The van der Waals surface area contributed by atoms with Gasteiger partial charge in [-0.1, -0.05) is 17.7 Å². The number of rotatable bonds is 9. The number of hydrogen-bond donors (Lipinski definition) is 1. The van der Waals surface area contributed by atoms with Crippen LogP contribution in [0.1, 0.15) is 30.4 Å². The highest BCUT2D eigenvalue weighted by Gasteiger charge is 2.22. The lowest BCUT2D eigenvalue weighted by molar-refractivity contribution is -0.134. The zero-order valence-electron chi connectivity index (χ0n) is 19.7. The maximum atomic E-state index is 12.4. The smallest absolute Gasteiger partial charge is 0.260 e. The minimum atomic E-state index is -3.73. The normalized spacial score (nSPS) is 14.1. The van der Waals surface area contributed by atoms with E-state index < -0.39 is 22.5 Å². The lowest BCUT2D eigenvalue weighted by Gasteiger charge is -2.26. The van der Waals surface area contributed by atoms with Crippen molar-refractivity contribution in [3.63, 3.8) is 0 Å². The summed E-state index contributed by atoms with van der Waals surface area (Å²) in [5.74, 6) is -0.0754. The fourth-order valence-electron chi connectivity index (χ4n) is 3.61. The third-order valence-electron chi connectivity index (χ3n) is 5.48. The number of halogens is 1. The number of nitrogens with one attached hydrogen (secondary N) is 1. The summed E-state index contributed by atoms with van der Waals surface area (Å²) in [6, 6.07) is 11.7.